The van der Waals surface area contributed by atoms with Crippen molar-refractivity contribution in [3.05, 3.63) is 23.7 Å². The first kappa shape index (κ1) is 14.6. The maximum Gasteiger partial charge on any atom is 0.301 e. The molecule has 2 amide bonds. The Morgan fingerprint density at radius 1 is 1.55 bits per heavy atom. The van der Waals surface area contributed by atoms with Crippen LogP contribution in [0.1, 0.15) is 43.3 Å². The van der Waals surface area contributed by atoms with Crippen molar-refractivity contribution in [3.8, 4) is 0 Å². The lowest BCUT2D eigenvalue weighted by Gasteiger charge is -2.26. The molecule has 1 aromatic rings. The molecule has 1 fully saturated rings. The summed E-state index contributed by atoms with van der Waals surface area (Å²) in [6, 6.07) is 1.70. The number of hydrazine groups is 1. The van der Waals surface area contributed by atoms with Crippen molar-refractivity contribution in [2.45, 2.75) is 33.7 Å². The predicted molar refractivity (Wildman–Crippen MR) is 73.3 cm³/mol. The Morgan fingerprint density at radius 2 is 2.25 bits per heavy atom. The molecule has 20 heavy (non-hydrogen) atoms. The number of nitrogen functional groups attached to an aromatic ring is 1. The summed E-state index contributed by atoms with van der Waals surface area (Å²) < 4.78 is 5.13. The summed E-state index contributed by atoms with van der Waals surface area (Å²) in [4.78, 5) is 25.4. The van der Waals surface area contributed by atoms with Crippen molar-refractivity contribution in [1.82, 2.24) is 10.3 Å². The SMILES string of the molecule is CC(C)(C)C1CC(=O)N(Cc2ccoc2C(=O)NN)C1. The Morgan fingerprint density at radius 3 is 2.80 bits per heavy atom. The van der Waals surface area contributed by atoms with E-state index in [0.29, 0.717) is 31.0 Å². The number of nitrogens with one attached hydrogen (secondary N) is 1. The van der Waals surface area contributed by atoms with Crippen LogP contribution in [-0.2, 0) is 11.3 Å². The molecule has 0 aliphatic carbocycles. The molecule has 1 aliphatic rings. The zero-order valence-corrected chi connectivity index (χ0v) is 12.1. The summed E-state index contributed by atoms with van der Waals surface area (Å²) in [5, 5.41) is 0. The van der Waals surface area contributed by atoms with Crippen LogP contribution < -0.4 is 11.3 Å². The molecule has 1 unspecified atom stereocenters. The third kappa shape index (κ3) is 2.85. The van der Waals surface area contributed by atoms with Crippen molar-refractivity contribution in [3.63, 3.8) is 0 Å². The number of hydrogen-bond donors (Lipinski definition) is 2. The Kier molecular flexibility index (Phi) is 3.85. The standard InChI is InChI=1S/C14H21N3O3/c1-14(2,3)10-6-11(18)17(8-10)7-9-4-5-20-12(9)13(19)16-15/h4-5,10H,6-8,15H2,1-3H3,(H,16,19). The topological polar surface area (TPSA) is 88.6 Å². The average Bonchev–Trinajstić information content (AvgIpc) is 2.96. The molecule has 6 nitrogen and oxygen atoms in total. The van der Waals surface area contributed by atoms with Crippen LogP contribution >= 0.6 is 0 Å². The van der Waals surface area contributed by atoms with Crippen LogP contribution in [-0.4, -0.2) is 23.3 Å². The first-order valence-electron chi connectivity index (χ1n) is 6.68. The van der Waals surface area contributed by atoms with Gasteiger partial charge in [0.1, 0.15) is 0 Å². The molecular weight excluding hydrogens is 258 g/mol. The summed E-state index contributed by atoms with van der Waals surface area (Å²) in [5.74, 6) is 5.23. The van der Waals surface area contributed by atoms with Crippen molar-refractivity contribution in [2.75, 3.05) is 6.54 Å². The molecule has 1 saturated heterocycles. The second-order valence-electron chi connectivity index (χ2n) is 6.29. The molecule has 0 saturated carbocycles. The van der Waals surface area contributed by atoms with Gasteiger partial charge in [0.05, 0.1) is 6.26 Å². The highest BCUT2D eigenvalue weighted by Gasteiger charge is 2.37. The number of furan rings is 1. The van der Waals surface area contributed by atoms with E-state index in [0.717, 1.165) is 0 Å². The minimum absolute atomic E-state index is 0.0955. The van der Waals surface area contributed by atoms with Gasteiger partial charge in [-0.2, -0.15) is 0 Å². The number of nitrogens with zero attached hydrogens (tertiary/aromatic N) is 1. The van der Waals surface area contributed by atoms with Gasteiger partial charge in [-0.1, -0.05) is 20.8 Å². The molecule has 3 N–H and O–H groups in total. The Balaban J connectivity index is 2.10. The number of likely N-dealkylation sites (tertiary alicyclic amines) is 1. The van der Waals surface area contributed by atoms with Crippen LogP contribution in [0, 0.1) is 11.3 Å². The molecule has 6 heteroatoms. The molecule has 1 aliphatic heterocycles. The smallest absolute Gasteiger partial charge is 0.301 e. The van der Waals surface area contributed by atoms with Gasteiger partial charge in [0.15, 0.2) is 5.76 Å². The number of nitrogens with two attached hydrogens (primary N) is 1. The van der Waals surface area contributed by atoms with Gasteiger partial charge in [-0.15, -0.1) is 0 Å². The van der Waals surface area contributed by atoms with Crippen molar-refractivity contribution < 1.29 is 14.0 Å². The highest BCUT2D eigenvalue weighted by Crippen LogP contribution is 2.35. The highest BCUT2D eigenvalue weighted by atomic mass is 16.3. The van der Waals surface area contributed by atoms with Crippen molar-refractivity contribution in [2.24, 2.45) is 17.2 Å². The van der Waals surface area contributed by atoms with Crippen LogP contribution in [0.3, 0.4) is 0 Å². The maximum atomic E-state index is 12.1. The number of carbonyl (C=O) groups is 2. The first-order valence-corrected chi connectivity index (χ1v) is 6.68. The fraction of sp³-hybridized carbons (Fsp3) is 0.571. The van der Waals surface area contributed by atoms with Gasteiger partial charge in [-0.05, 0) is 17.4 Å². The van der Waals surface area contributed by atoms with E-state index in [9.17, 15) is 9.59 Å². The molecule has 1 aromatic heterocycles. The first-order chi connectivity index (χ1) is 9.32. The maximum absolute atomic E-state index is 12.1. The number of hydrogen-bond acceptors (Lipinski definition) is 4. The van der Waals surface area contributed by atoms with E-state index >= 15 is 0 Å². The van der Waals surface area contributed by atoms with E-state index in [2.05, 4.69) is 20.8 Å². The Hall–Kier alpha value is -1.82. The molecular formula is C14H21N3O3. The highest BCUT2D eigenvalue weighted by molar-refractivity contribution is 5.92. The Labute approximate surface area is 118 Å². The van der Waals surface area contributed by atoms with Crippen molar-refractivity contribution in [1.29, 1.82) is 0 Å². The predicted octanol–water partition coefficient (Wildman–Crippen LogP) is 1.28. The summed E-state index contributed by atoms with van der Waals surface area (Å²) in [6.07, 6.45) is 1.99. The van der Waals surface area contributed by atoms with Gasteiger partial charge in [0.25, 0.3) is 0 Å². The third-order valence-electron chi connectivity index (χ3n) is 3.88. The average molecular weight is 279 g/mol. The molecule has 2 heterocycles. The van der Waals surface area contributed by atoms with E-state index in [-0.39, 0.29) is 17.1 Å². The van der Waals surface area contributed by atoms with Gasteiger partial charge >= 0.3 is 5.91 Å². The zero-order valence-electron chi connectivity index (χ0n) is 12.1. The van der Waals surface area contributed by atoms with Gasteiger partial charge < -0.3 is 9.32 Å². The van der Waals surface area contributed by atoms with Gasteiger partial charge in [0.2, 0.25) is 5.91 Å². The van der Waals surface area contributed by atoms with Gasteiger partial charge in [-0.3, -0.25) is 15.0 Å². The van der Waals surface area contributed by atoms with E-state index < -0.39 is 5.91 Å². The molecule has 0 aromatic carbocycles. The molecule has 0 bridgehead atoms. The van der Waals surface area contributed by atoms with E-state index in [4.69, 9.17) is 10.3 Å². The summed E-state index contributed by atoms with van der Waals surface area (Å²) >= 11 is 0. The molecule has 0 radical (unpaired) electrons. The number of amides is 2. The minimum atomic E-state index is -0.482. The zero-order chi connectivity index (χ0) is 14.9. The van der Waals surface area contributed by atoms with Crippen LogP contribution in [0.25, 0.3) is 0 Å². The molecule has 0 spiro atoms. The van der Waals surface area contributed by atoms with Crippen LogP contribution in [0.15, 0.2) is 16.7 Å². The Bertz CT molecular complexity index is 516. The lowest BCUT2D eigenvalue weighted by atomic mass is 9.80. The quantitative estimate of drug-likeness (QED) is 0.495. The minimum Gasteiger partial charge on any atom is -0.459 e. The van der Waals surface area contributed by atoms with Crippen LogP contribution in [0.2, 0.25) is 0 Å². The fourth-order valence-corrected chi connectivity index (χ4v) is 2.44. The van der Waals surface area contributed by atoms with Gasteiger partial charge in [-0.25, -0.2) is 5.84 Å². The van der Waals surface area contributed by atoms with Crippen molar-refractivity contribution >= 4 is 11.8 Å². The molecule has 2 rings (SSSR count). The fourth-order valence-electron chi connectivity index (χ4n) is 2.44. The summed E-state index contributed by atoms with van der Waals surface area (Å²) in [5.41, 5.74) is 2.81. The van der Waals surface area contributed by atoms with E-state index in [1.807, 2.05) is 5.43 Å². The summed E-state index contributed by atoms with van der Waals surface area (Å²) in [6.45, 7) is 7.50. The third-order valence-corrected chi connectivity index (χ3v) is 3.88. The summed E-state index contributed by atoms with van der Waals surface area (Å²) in [7, 11) is 0. The lowest BCUT2D eigenvalue weighted by Crippen LogP contribution is -2.32. The number of carbonyl (C=O) groups excluding carboxylic acids is 2. The largest absolute Gasteiger partial charge is 0.459 e. The normalized spacial score (nSPS) is 19.5. The van der Waals surface area contributed by atoms with Crippen LogP contribution in [0.4, 0.5) is 0 Å². The second kappa shape index (κ2) is 5.28. The molecule has 1 atom stereocenters. The van der Waals surface area contributed by atoms with Crippen LogP contribution in [0.5, 0.6) is 0 Å². The number of rotatable bonds is 3. The lowest BCUT2D eigenvalue weighted by molar-refractivity contribution is -0.128. The van der Waals surface area contributed by atoms with E-state index in [1.165, 1.54) is 6.26 Å². The monoisotopic (exact) mass is 279 g/mol. The molecule has 110 valence electrons. The van der Waals surface area contributed by atoms with Gasteiger partial charge in [0, 0.05) is 25.1 Å². The second-order valence-corrected chi connectivity index (χ2v) is 6.29. The van der Waals surface area contributed by atoms with E-state index in [1.54, 1.807) is 11.0 Å².